The monoisotopic (exact) mass is 565 g/mol. The van der Waals surface area contributed by atoms with Gasteiger partial charge in [-0.15, -0.1) is 0 Å². The minimum absolute atomic E-state index is 0.00331. The van der Waals surface area contributed by atoms with Crippen LogP contribution < -0.4 is 21.7 Å². The Hall–Kier alpha value is -4.71. The van der Waals surface area contributed by atoms with Crippen LogP contribution in [-0.2, 0) is 36.8 Å². The molecule has 0 saturated heterocycles. The molecule has 0 fully saturated rings. The first-order valence-corrected chi connectivity index (χ1v) is 13.2. The molecular formula is C29H35N5O7. The van der Waals surface area contributed by atoms with Crippen molar-refractivity contribution < 1.29 is 34.2 Å². The maximum absolute atomic E-state index is 13.4. The van der Waals surface area contributed by atoms with Crippen LogP contribution >= 0.6 is 0 Å². The molecule has 0 saturated carbocycles. The van der Waals surface area contributed by atoms with Crippen LogP contribution in [0.4, 0.5) is 0 Å². The molecule has 0 aliphatic carbocycles. The van der Waals surface area contributed by atoms with Crippen LogP contribution in [0.2, 0.25) is 0 Å². The predicted molar refractivity (Wildman–Crippen MR) is 151 cm³/mol. The van der Waals surface area contributed by atoms with Crippen LogP contribution in [0, 0.1) is 5.92 Å². The molecule has 0 bridgehead atoms. The molecule has 41 heavy (non-hydrogen) atoms. The highest BCUT2D eigenvalue weighted by Crippen LogP contribution is 2.19. The number of hydrogen-bond acceptors (Lipinski definition) is 6. The first kappa shape index (κ1) is 30.8. The molecule has 0 aliphatic rings. The topological polar surface area (TPSA) is 204 Å². The molecule has 1 aromatic heterocycles. The fourth-order valence-corrected chi connectivity index (χ4v) is 4.39. The van der Waals surface area contributed by atoms with Crippen LogP contribution in [0.5, 0.6) is 0 Å². The van der Waals surface area contributed by atoms with Crippen molar-refractivity contribution in [3.05, 3.63) is 71.9 Å². The molecule has 3 aromatic rings. The lowest BCUT2D eigenvalue weighted by atomic mass is 9.99. The highest BCUT2D eigenvalue weighted by atomic mass is 16.4. The molecule has 3 amide bonds. The van der Waals surface area contributed by atoms with E-state index < -0.39 is 66.2 Å². The zero-order valence-electron chi connectivity index (χ0n) is 22.8. The van der Waals surface area contributed by atoms with Gasteiger partial charge in [0.2, 0.25) is 17.7 Å². The van der Waals surface area contributed by atoms with E-state index in [9.17, 15) is 29.1 Å². The molecule has 8 N–H and O–H groups in total. The highest BCUT2D eigenvalue weighted by Gasteiger charge is 2.32. The molecule has 12 heteroatoms. The van der Waals surface area contributed by atoms with Crippen molar-refractivity contribution in [3.8, 4) is 0 Å². The van der Waals surface area contributed by atoms with Crippen LogP contribution in [0.15, 0.2) is 60.8 Å². The van der Waals surface area contributed by atoms with Gasteiger partial charge in [0.15, 0.2) is 0 Å². The summed E-state index contributed by atoms with van der Waals surface area (Å²) in [4.78, 5) is 65.2. The van der Waals surface area contributed by atoms with Crippen LogP contribution in [0.3, 0.4) is 0 Å². The molecule has 4 unspecified atom stereocenters. The van der Waals surface area contributed by atoms with Gasteiger partial charge in [0, 0.05) is 23.5 Å². The SMILES string of the molecule is CC(C)C(NC(=O)C(N)Cc1c[nH]c2ccccc12)C(=O)NC(Cc1ccccc1)C(=O)NC(CC(=O)O)C(=O)O. The molecule has 1 heterocycles. The third-order valence-electron chi connectivity index (χ3n) is 6.61. The number of carboxylic acids is 2. The van der Waals surface area contributed by atoms with Crippen LogP contribution in [0.1, 0.15) is 31.4 Å². The van der Waals surface area contributed by atoms with Crippen molar-refractivity contribution >= 4 is 40.6 Å². The number of benzene rings is 2. The van der Waals surface area contributed by atoms with E-state index in [1.807, 2.05) is 24.3 Å². The average Bonchev–Trinajstić information content (AvgIpc) is 3.33. The fraction of sp³-hybridized carbons (Fsp3) is 0.345. The normalized spacial score (nSPS) is 14.0. The van der Waals surface area contributed by atoms with Gasteiger partial charge in [-0.05, 0) is 29.5 Å². The van der Waals surface area contributed by atoms with Gasteiger partial charge >= 0.3 is 11.9 Å². The summed E-state index contributed by atoms with van der Waals surface area (Å²) >= 11 is 0. The van der Waals surface area contributed by atoms with E-state index in [0.29, 0.717) is 5.56 Å². The lowest BCUT2D eigenvalue weighted by molar-refractivity contribution is -0.147. The van der Waals surface area contributed by atoms with Gasteiger partial charge in [-0.2, -0.15) is 0 Å². The first-order chi connectivity index (χ1) is 19.5. The third-order valence-corrected chi connectivity index (χ3v) is 6.61. The van der Waals surface area contributed by atoms with E-state index in [-0.39, 0.29) is 12.8 Å². The molecule has 4 atom stereocenters. The molecular weight excluding hydrogens is 530 g/mol. The van der Waals surface area contributed by atoms with Crippen LogP contribution in [0.25, 0.3) is 10.9 Å². The highest BCUT2D eigenvalue weighted by molar-refractivity contribution is 5.95. The summed E-state index contributed by atoms with van der Waals surface area (Å²) < 4.78 is 0. The van der Waals surface area contributed by atoms with E-state index in [1.165, 1.54) is 0 Å². The molecule has 0 spiro atoms. The Balaban J connectivity index is 1.74. The second-order valence-electron chi connectivity index (χ2n) is 10.1. The van der Waals surface area contributed by atoms with Crippen molar-refractivity contribution in [3.63, 3.8) is 0 Å². The Morgan fingerprint density at radius 3 is 2.07 bits per heavy atom. The number of carboxylic acid groups (broad SMARTS) is 2. The van der Waals surface area contributed by atoms with Crippen molar-refractivity contribution in [2.24, 2.45) is 11.7 Å². The summed E-state index contributed by atoms with van der Waals surface area (Å²) in [6, 6.07) is 11.3. The Kier molecular flexibility index (Phi) is 10.6. The lowest BCUT2D eigenvalue weighted by Gasteiger charge is -2.27. The second-order valence-corrected chi connectivity index (χ2v) is 10.1. The van der Waals surface area contributed by atoms with Gasteiger partial charge in [0.1, 0.15) is 18.1 Å². The number of nitrogens with one attached hydrogen (secondary N) is 4. The quantitative estimate of drug-likeness (QED) is 0.150. The number of aliphatic carboxylic acids is 2. The number of amides is 3. The van der Waals surface area contributed by atoms with E-state index >= 15 is 0 Å². The van der Waals surface area contributed by atoms with Crippen molar-refractivity contribution in [2.75, 3.05) is 0 Å². The summed E-state index contributed by atoms with van der Waals surface area (Å²) in [5.74, 6) is -5.43. The number of fused-ring (bicyclic) bond motifs is 1. The molecule has 2 aromatic carbocycles. The average molecular weight is 566 g/mol. The fourth-order valence-electron chi connectivity index (χ4n) is 4.39. The molecule has 0 radical (unpaired) electrons. The molecule has 218 valence electrons. The first-order valence-electron chi connectivity index (χ1n) is 13.2. The molecule has 12 nitrogen and oxygen atoms in total. The van der Waals surface area contributed by atoms with Gasteiger partial charge in [-0.3, -0.25) is 19.2 Å². The Morgan fingerprint density at radius 1 is 0.805 bits per heavy atom. The van der Waals surface area contributed by atoms with Gasteiger partial charge in [0.05, 0.1) is 12.5 Å². The number of nitrogens with two attached hydrogens (primary N) is 1. The van der Waals surface area contributed by atoms with Gasteiger partial charge in [-0.25, -0.2) is 4.79 Å². The van der Waals surface area contributed by atoms with E-state index in [4.69, 9.17) is 10.8 Å². The van der Waals surface area contributed by atoms with Crippen LogP contribution in [-0.4, -0.2) is 69.0 Å². The number of aromatic amines is 1. The van der Waals surface area contributed by atoms with E-state index in [1.54, 1.807) is 50.4 Å². The zero-order chi connectivity index (χ0) is 30.1. The van der Waals surface area contributed by atoms with E-state index in [2.05, 4.69) is 20.9 Å². The number of aromatic nitrogens is 1. The predicted octanol–water partition coefficient (Wildman–Crippen LogP) is 0.950. The maximum atomic E-state index is 13.4. The smallest absolute Gasteiger partial charge is 0.326 e. The maximum Gasteiger partial charge on any atom is 0.326 e. The van der Waals surface area contributed by atoms with Gasteiger partial charge in [0.25, 0.3) is 0 Å². The van der Waals surface area contributed by atoms with E-state index in [0.717, 1.165) is 16.5 Å². The Morgan fingerprint density at radius 2 is 1.44 bits per heavy atom. The summed E-state index contributed by atoms with van der Waals surface area (Å²) in [7, 11) is 0. The van der Waals surface area contributed by atoms with Gasteiger partial charge < -0.3 is 36.9 Å². The summed E-state index contributed by atoms with van der Waals surface area (Å²) in [6.07, 6.45) is 1.16. The van der Waals surface area contributed by atoms with Crippen molar-refractivity contribution in [1.29, 1.82) is 0 Å². The Labute approximate surface area is 236 Å². The Bertz CT molecular complexity index is 1390. The number of carbonyl (C=O) groups excluding carboxylic acids is 3. The number of para-hydroxylation sites is 1. The molecule has 3 rings (SSSR count). The third kappa shape index (κ3) is 8.64. The summed E-state index contributed by atoms with van der Waals surface area (Å²) in [5, 5.41) is 26.8. The largest absolute Gasteiger partial charge is 0.481 e. The number of H-pyrrole nitrogens is 1. The van der Waals surface area contributed by atoms with Crippen molar-refractivity contribution in [1.82, 2.24) is 20.9 Å². The second kappa shape index (κ2) is 14.1. The minimum atomic E-state index is -1.70. The zero-order valence-corrected chi connectivity index (χ0v) is 22.8. The standard InChI is InChI=1S/C29H35N5O7/c1-16(2)25(34-26(37)20(30)13-18-15-31-21-11-7-6-10-19(18)21)28(39)32-22(12-17-8-4-3-5-9-17)27(38)33-23(29(40)41)14-24(35)36/h3-11,15-16,20,22-23,25,31H,12-14,30H2,1-2H3,(H,32,39)(H,33,38)(H,34,37)(H,35,36)(H,40,41). The van der Waals surface area contributed by atoms with Crippen molar-refractivity contribution in [2.45, 2.75) is 57.3 Å². The lowest BCUT2D eigenvalue weighted by Crippen LogP contribution is -2.59. The number of hydrogen-bond donors (Lipinski definition) is 7. The minimum Gasteiger partial charge on any atom is -0.481 e. The molecule has 0 aliphatic heterocycles. The van der Waals surface area contributed by atoms with Gasteiger partial charge in [-0.1, -0.05) is 62.4 Å². The summed E-state index contributed by atoms with van der Waals surface area (Å²) in [6.45, 7) is 3.44. The number of rotatable bonds is 14. The summed E-state index contributed by atoms with van der Waals surface area (Å²) in [5.41, 5.74) is 8.63. The number of carbonyl (C=O) groups is 5.